The molecule has 4 rings (SSSR count). The first-order valence-electron chi connectivity index (χ1n) is 9.93. The minimum atomic E-state index is -0.342. The third kappa shape index (κ3) is 5.40. The summed E-state index contributed by atoms with van der Waals surface area (Å²) in [7, 11) is 0. The van der Waals surface area contributed by atoms with Crippen LogP contribution in [0.2, 0.25) is 0 Å². The van der Waals surface area contributed by atoms with E-state index in [0.29, 0.717) is 11.6 Å². The molecular formula is C22H25N5OS. The molecule has 1 saturated heterocycles. The lowest BCUT2D eigenvalue weighted by Gasteiger charge is -2.30. The minimum absolute atomic E-state index is 0.342. The fraction of sp³-hybridized carbons (Fsp3) is 0.318. The van der Waals surface area contributed by atoms with Crippen LogP contribution in [0, 0.1) is 5.92 Å². The molecule has 1 unspecified atom stereocenters. The Balaban J connectivity index is 1.34. The van der Waals surface area contributed by atoms with Crippen molar-refractivity contribution in [3.05, 3.63) is 59.6 Å². The van der Waals surface area contributed by atoms with Crippen molar-refractivity contribution in [3.63, 3.8) is 0 Å². The first-order chi connectivity index (χ1) is 14.2. The fourth-order valence-corrected chi connectivity index (χ4v) is 4.36. The second kappa shape index (κ2) is 9.15. The van der Waals surface area contributed by atoms with E-state index in [1.165, 1.54) is 24.2 Å². The Morgan fingerprint density at radius 1 is 1.10 bits per heavy atom. The summed E-state index contributed by atoms with van der Waals surface area (Å²) in [6, 6.07) is 15.3. The SMILES string of the molecule is CC1CCCN(Cc2cccc(NC(=O)Nc3csc(-c4ccccc4)n3)n2)C1. The van der Waals surface area contributed by atoms with Gasteiger partial charge in [-0.25, -0.2) is 14.8 Å². The van der Waals surface area contributed by atoms with E-state index in [4.69, 9.17) is 0 Å². The average Bonchev–Trinajstić information content (AvgIpc) is 3.17. The summed E-state index contributed by atoms with van der Waals surface area (Å²) >= 11 is 1.50. The van der Waals surface area contributed by atoms with Crippen LogP contribution in [-0.4, -0.2) is 34.0 Å². The number of nitrogens with one attached hydrogen (secondary N) is 2. The highest BCUT2D eigenvalue weighted by molar-refractivity contribution is 7.13. The summed E-state index contributed by atoms with van der Waals surface area (Å²) in [5.74, 6) is 1.81. The van der Waals surface area contributed by atoms with E-state index < -0.39 is 0 Å². The number of benzene rings is 1. The minimum Gasteiger partial charge on any atom is -0.297 e. The maximum Gasteiger partial charge on any atom is 0.326 e. The van der Waals surface area contributed by atoms with Gasteiger partial charge < -0.3 is 0 Å². The third-order valence-electron chi connectivity index (χ3n) is 4.94. The highest BCUT2D eigenvalue weighted by atomic mass is 32.1. The van der Waals surface area contributed by atoms with E-state index in [2.05, 4.69) is 32.4 Å². The molecule has 7 heteroatoms. The molecule has 0 radical (unpaired) electrons. The monoisotopic (exact) mass is 407 g/mol. The number of pyridine rings is 1. The van der Waals surface area contributed by atoms with Gasteiger partial charge in [-0.05, 0) is 37.4 Å². The van der Waals surface area contributed by atoms with Gasteiger partial charge in [0.15, 0.2) is 0 Å². The molecule has 2 aromatic heterocycles. The van der Waals surface area contributed by atoms with E-state index in [0.717, 1.165) is 41.8 Å². The number of rotatable bonds is 5. The van der Waals surface area contributed by atoms with Gasteiger partial charge in [-0.3, -0.25) is 15.5 Å². The number of carbonyl (C=O) groups excluding carboxylic acids is 1. The second-order valence-electron chi connectivity index (χ2n) is 7.48. The van der Waals surface area contributed by atoms with Crippen LogP contribution in [0.5, 0.6) is 0 Å². The molecule has 0 spiro atoms. The summed E-state index contributed by atoms with van der Waals surface area (Å²) in [5.41, 5.74) is 2.00. The van der Waals surface area contributed by atoms with Gasteiger partial charge in [0.1, 0.15) is 16.6 Å². The van der Waals surface area contributed by atoms with E-state index in [1.54, 1.807) is 6.07 Å². The first-order valence-corrected chi connectivity index (χ1v) is 10.8. The molecule has 0 aliphatic carbocycles. The van der Waals surface area contributed by atoms with Crippen molar-refractivity contribution in [2.75, 3.05) is 23.7 Å². The van der Waals surface area contributed by atoms with Crippen LogP contribution < -0.4 is 10.6 Å². The number of urea groups is 1. The molecule has 150 valence electrons. The van der Waals surface area contributed by atoms with Crippen LogP contribution in [0.15, 0.2) is 53.9 Å². The van der Waals surface area contributed by atoms with Gasteiger partial charge in [0.25, 0.3) is 0 Å². The van der Waals surface area contributed by atoms with Gasteiger partial charge in [-0.2, -0.15) is 0 Å². The lowest BCUT2D eigenvalue weighted by Crippen LogP contribution is -2.34. The lowest BCUT2D eigenvalue weighted by molar-refractivity contribution is 0.175. The van der Waals surface area contributed by atoms with Crippen molar-refractivity contribution in [2.45, 2.75) is 26.3 Å². The van der Waals surface area contributed by atoms with Crippen molar-refractivity contribution in [3.8, 4) is 10.6 Å². The normalized spacial score (nSPS) is 17.1. The standard InChI is InChI=1S/C22H25N5OS/c1-16-7-6-12-27(13-16)14-18-10-5-11-19(23-18)25-22(28)26-20-15-29-21(24-20)17-8-3-2-4-9-17/h2-5,8-11,15-16H,6-7,12-14H2,1H3,(H2,23,25,26,28). The van der Waals surface area contributed by atoms with E-state index in [1.807, 2.05) is 47.8 Å². The van der Waals surface area contributed by atoms with E-state index in [-0.39, 0.29) is 6.03 Å². The van der Waals surface area contributed by atoms with Gasteiger partial charge in [0.2, 0.25) is 0 Å². The molecule has 1 atom stereocenters. The molecule has 0 saturated carbocycles. The topological polar surface area (TPSA) is 70.2 Å². The number of anilines is 2. The van der Waals surface area contributed by atoms with Crippen LogP contribution in [0.4, 0.5) is 16.4 Å². The number of piperidine rings is 1. The zero-order valence-electron chi connectivity index (χ0n) is 16.5. The molecule has 0 bridgehead atoms. The average molecular weight is 408 g/mol. The van der Waals surface area contributed by atoms with Gasteiger partial charge >= 0.3 is 6.03 Å². The van der Waals surface area contributed by atoms with Crippen molar-refractivity contribution >= 4 is 29.0 Å². The summed E-state index contributed by atoms with van der Waals surface area (Å²) < 4.78 is 0. The Bertz CT molecular complexity index is 959. The molecular weight excluding hydrogens is 382 g/mol. The van der Waals surface area contributed by atoms with Crippen LogP contribution in [0.1, 0.15) is 25.5 Å². The van der Waals surface area contributed by atoms with Gasteiger partial charge in [-0.1, -0.05) is 43.3 Å². The van der Waals surface area contributed by atoms with Crippen LogP contribution in [0.3, 0.4) is 0 Å². The Labute approximate surface area is 175 Å². The maximum atomic E-state index is 12.4. The Morgan fingerprint density at radius 3 is 2.76 bits per heavy atom. The molecule has 6 nitrogen and oxygen atoms in total. The number of hydrogen-bond acceptors (Lipinski definition) is 5. The zero-order valence-corrected chi connectivity index (χ0v) is 17.3. The summed E-state index contributed by atoms with van der Waals surface area (Å²) in [4.78, 5) is 23.9. The largest absolute Gasteiger partial charge is 0.326 e. The van der Waals surface area contributed by atoms with Gasteiger partial charge in [0.05, 0.1) is 5.69 Å². The van der Waals surface area contributed by atoms with Crippen molar-refractivity contribution in [1.82, 2.24) is 14.9 Å². The predicted octanol–water partition coefficient (Wildman–Crippen LogP) is 5.08. The number of hydrogen-bond donors (Lipinski definition) is 2. The number of amides is 2. The maximum absolute atomic E-state index is 12.4. The lowest BCUT2D eigenvalue weighted by atomic mass is 10.0. The Kier molecular flexibility index (Phi) is 6.17. The summed E-state index contributed by atoms with van der Waals surface area (Å²) in [6.07, 6.45) is 2.54. The molecule has 2 N–H and O–H groups in total. The number of nitrogens with zero attached hydrogens (tertiary/aromatic N) is 3. The van der Waals surface area contributed by atoms with Crippen LogP contribution in [-0.2, 0) is 6.54 Å². The predicted molar refractivity (Wildman–Crippen MR) is 118 cm³/mol. The number of thiazole rings is 1. The van der Waals surface area contributed by atoms with Crippen LogP contribution in [0.25, 0.3) is 10.6 Å². The number of aromatic nitrogens is 2. The molecule has 1 aliphatic rings. The molecule has 1 aromatic carbocycles. The smallest absolute Gasteiger partial charge is 0.297 e. The van der Waals surface area contributed by atoms with E-state index >= 15 is 0 Å². The van der Waals surface area contributed by atoms with Crippen molar-refractivity contribution in [2.24, 2.45) is 5.92 Å². The molecule has 3 aromatic rings. The molecule has 1 fully saturated rings. The highest BCUT2D eigenvalue weighted by Gasteiger charge is 2.17. The van der Waals surface area contributed by atoms with Crippen molar-refractivity contribution < 1.29 is 4.79 Å². The zero-order chi connectivity index (χ0) is 20.1. The molecule has 2 amide bonds. The second-order valence-corrected chi connectivity index (χ2v) is 8.34. The summed E-state index contributed by atoms with van der Waals surface area (Å²) in [5, 5.41) is 8.31. The molecule has 29 heavy (non-hydrogen) atoms. The molecule has 1 aliphatic heterocycles. The Hall–Kier alpha value is -2.77. The van der Waals surface area contributed by atoms with Gasteiger partial charge in [-0.15, -0.1) is 11.3 Å². The first kappa shape index (κ1) is 19.5. The fourth-order valence-electron chi connectivity index (χ4n) is 3.61. The third-order valence-corrected chi connectivity index (χ3v) is 5.83. The van der Waals surface area contributed by atoms with Crippen LogP contribution >= 0.6 is 11.3 Å². The number of carbonyl (C=O) groups is 1. The number of likely N-dealkylation sites (tertiary alicyclic amines) is 1. The quantitative estimate of drug-likeness (QED) is 0.619. The van der Waals surface area contributed by atoms with Gasteiger partial charge in [0, 0.05) is 24.0 Å². The molecule has 3 heterocycles. The Morgan fingerprint density at radius 2 is 1.93 bits per heavy atom. The summed E-state index contributed by atoms with van der Waals surface area (Å²) in [6.45, 7) is 5.32. The highest BCUT2D eigenvalue weighted by Crippen LogP contribution is 2.25. The van der Waals surface area contributed by atoms with E-state index in [9.17, 15) is 4.79 Å². The van der Waals surface area contributed by atoms with Crippen molar-refractivity contribution in [1.29, 1.82) is 0 Å².